The molecule has 0 unspecified atom stereocenters. The Kier molecular flexibility index (Phi) is 5.51. The quantitative estimate of drug-likeness (QED) is 0.626. The van der Waals surface area contributed by atoms with Crippen molar-refractivity contribution >= 4 is 17.7 Å². The molecule has 110 valence electrons. The van der Waals surface area contributed by atoms with Gasteiger partial charge in [-0.05, 0) is 36.4 Å². The standard InChI is InChI=1S/C16H16O4S/c1-19-12-6-8-13(9-7-12)20-10-11-21-15-5-3-2-4-14(15)16(17)18/h2-9H,10-11H2,1H3,(H,17,18). The summed E-state index contributed by atoms with van der Waals surface area (Å²) in [6, 6.07) is 14.3. The Morgan fingerprint density at radius 1 is 1.10 bits per heavy atom. The zero-order chi connectivity index (χ0) is 15.1. The largest absolute Gasteiger partial charge is 0.497 e. The van der Waals surface area contributed by atoms with Gasteiger partial charge in [0.1, 0.15) is 11.5 Å². The molecule has 0 atom stereocenters. The number of rotatable bonds is 7. The predicted molar refractivity (Wildman–Crippen MR) is 82.6 cm³/mol. The van der Waals surface area contributed by atoms with Crippen LogP contribution >= 0.6 is 11.8 Å². The van der Waals surface area contributed by atoms with Crippen molar-refractivity contribution in [1.29, 1.82) is 0 Å². The number of thioether (sulfide) groups is 1. The third kappa shape index (κ3) is 4.43. The minimum atomic E-state index is -0.908. The fourth-order valence-electron chi connectivity index (χ4n) is 1.75. The van der Waals surface area contributed by atoms with Crippen molar-refractivity contribution < 1.29 is 19.4 Å². The van der Waals surface area contributed by atoms with Gasteiger partial charge in [0.05, 0.1) is 19.3 Å². The van der Waals surface area contributed by atoms with Gasteiger partial charge in [-0.1, -0.05) is 12.1 Å². The topological polar surface area (TPSA) is 55.8 Å². The Bertz CT molecular complexity index is 595. The first-order valence-corrected chi connectivity index (χ1v) is 7.41. The lowest BCUT2D eigenvalue weighted by molar-refractivity contribution is 0.0693. The van der Waals surface area contributed by atoms with Crippen molar-refractivity contribution in [3.8, 4) is 11.5 Å². The molecule has 0 aromatic heterocycles. The van der Waals surface area contributed by atoms with Crippen LogP contribution in [0.2, 0.25) is 0 Å². The van der Waals surface area contributed by atoms with E-state index in [0.717, 1.165) is 16.4 Å². The third-order valence-electron chi connectivity index (χ3n) is 2.79. The average molecular weight is 304 g/mol. The number of benzene rings is 2. The lowest BCUT2D eigenvalue weighted by Crippen LogP contribution is -2.02. The van der Waals surface area contributed by atoms with Gasteiger partial charge in [0.2, 0.25) is 0 Å². The van der Waals surface area contributed by atoms with E-state index < -0.39 is 5.97 Å². The van der Waals surface area contributed by atoms with Crippen LogP contribution in [0.3, 0.4) is 0 Å². The van der Waals surface area contributed by atoms with Gasteiger partial charge >= 0.3 is 5.97 Å². The van der Waals surface area contributed by atoms with E-state index in [-0.39, 0.29) is 0 Å². The Balaban J connectivity index is 1.83. The molecule has 0 saturated heterocycles. The Morgan fingerprint density at radius 3 is 2.43 bits per heavy atom. The second-order valence-electron chi connectivity index (χ2n) is 4.17. The molecule has 0 spiro atoms. The first-order valence-electron chi connectivity index (χ1n) is 6.42. The summed E-state index contributed by atoms with van der Waals surface area (Å²) in [5.41, 5.74) is 0.326. The fraction of sp³-hybridized carbons (Fsp3) is 0.188. The number of hydrogen-bond donors (Lipinski definition) is 1. The van der Waals surface area contributed by atoms with Crippen LogP contribution in [0, 0.1) is 0 Å². The summed E-state index contributed by atoms with van der Waals surface area (Å²) in [5.74, 6) is 1.32. The summed E-state index contributed by atoms with van der Waals surface area (Å²) < 4.78 is 10.7. The monoisotopic (exact) mass is 304 g/mol. The second kappa shape index (κ2) is 7.59. The molecule has 0 heterocycles. The third-order valence-corrected chi connectivity index (χ3v) is 3.82. The second-order valence-corrected chi connectivity index (χ2v) is 5.31. The van der Waals surface area contributed by atoms with Crippen LogP contribution in [0.5, 0.6) is 11.5 Å². The van der Waals surface area contributed by atoms with Gasteiger partial charge in [0.15, 0.2) is 0 Å². The van der Waals surface area contributed by atoms with E-state index in [1.54, 1.807) is 19.2 Å². The molecule has 4 nitrogen and oxygen atoms in total. The number of hydrogen-bond acceptors (Lipinski definition) is 4. The summed E-state index contributed by atoms with van der Waals surface area (Å²) in [6.45, 7) is 0.505. The van der Waals surface area contributed by atoms with Crippen LogP contribution in [0.25, 0.3) is 0 Å². The SMILES string of the molecule is COc1ccc(OCCSc2ccccc2C(=O)O)cc1. The van der Waals surface area contributed by atoms with E-state index in [1.165, 1.54) is 11.8 Å². The molecule has 0 saturated carbocycles. The van der Waals surface area contributed by atoms with Crippen LogP contribution in [-0.4, -0.2) is 30.5 Å². The van der Waals surface area contributed by atoms with Crippen molar-refractivity contribution in [3.05, 3.63) is 54.1 Å². The maximum absolute atomic E-state index is 11.1. The van der Waals surface area contributed by atoms with Crippen LogP contribution in [-0.2, 0) is 0 Å². The van der Waals surface area contributed by atoms with Gasteiger partial charge in [0.25, 0.3) is 0 Å². The van der Waals surface area contributed by atoms with Gasteiger partial charge in [-0.2, -0.15) is 0 Å². The summed E-state index contributed by atoms with van der Waals surface area (Å²) >= 11 is 1.47. The molecule has 5 heteroatoms. The zero-order valence-electron chi connectivity index (χ0n) is 11.6. The van der Waals surface area contributed by atoms with Crippen LogP contribution in [0.1, 0.15) is 10.4 Å². The van der Waals surface area contributed by atoms with Crippen LogP contribution in [0.4, 0.5) is 0 Å². The molecule has 21 heavy (non-hydrogen) atoms. The molecule has 1 N–H and O–H groups in total. The molecule has 0 fully saturated rings. The number of carbonyl (C=O) groups is 1. The highest BCUT2D eigenvalue weighted by molar-refractivity contribution is 7.99. The molecule has 2 rings (SSSR count). The number of carboxylic acid groups (broad SMARTS) is 1. The van der Waals surface area contributed by atoms with E-state index in [4.69, 9.17) is 14.6 Å². The smallest absolute Gasteiger partial charge is 0.336 e. The van der Waals surface area contributed by atoms with Gasteiger partial charge in [-0.15, -0.1) is 11.8 Å². The first-order chi connectivity index (χ1) is 10.2. The minimum absolute atomic E-state index is 0.326. The lowest BCUT2D eigenvalue weighted by atomic mass is 10.2. The molecule has 2 aromatic carbocycles. The van der Waals surface area contributed by atoms with Crippen LogP contribution in [0.15, 0.2) is 53.4 Å². The summed E-state index contributed by atoms with van der Waals surface area (Å²) in [6.07, 6.45) is 0. The minimum Gasteiger partial charge on any atom is -0.497 e. The average Bonchev–Trinajstić information content (AvgIpc) is 2.52. The fourth-order valence-corrected chi connectivity index (χ4v) is 2.62. The molecule has 0 aliphatic carbocycles. The Morgan fingerprint density at radius 2 is 1.76 bits per heavy atom. The van der Waals surface area contributed by atoms with Crippen molar-refractivity contribution in [3.63, 3.8) is 0 Å². The number of ether oxygens (including phenoxy) is 2. The molecule has 0 radical (unpaired) electrons. The molecule has 0 aliphatic rings. The number of aromatic carboxylic acids is 1. The van der Waals surface area contributed by atoms with E-state index >= 15 is 0 Å². The number of carboxylic acids is 1. The van der Waals surface area contributed by atoms with Crippen molar-refractivity contribution in [2.45, 2.75) is 4.90 Å². The molecule has 0 aliphatic heterocycles. The highest BCUT2D eigenvalue weighted by Gasteiger charge is 2.08. The maximum Gasteiger partial charge on any atom is 0.336 e. The normalized spacial score (nSPS) is 10.1. The van der Waals surface area contributed by atoms with Gasteiger partial charge in [-0.3, -0.25) is 0 Å². The highest BCUT2D eigenvalue weighted by Crippen LogP contribution is 2.23. The molecule has 0 amide bonds. The molecular weight excluding hydrogens is 288 g/mol. The van der Waals surface area contributed by atoms with Crippen molar-refractivity contribution in [2.24, 2.45) is 0 Å². The van der Waals surface area contributed by atoms with Gasteiger partial charge < -0.3 is 14.6 Å². The maximum atomic E-state index is 11.1. The highest BCUT2D eigenvalue weighted by atomic mass is 32.2. The lowest BCUT2D eigenvalue weighted by Gasteiger charge is -2.08. The summed E-state index contributed by atoms with van der Waals surface area (Å²) in [7, 11) is 1.62. The Hall–Kier alpha value is -2.14. The van der Waals surface area contributed by atoms with Gasteiger partial charge in [0, 0.05) is 10.6 Å². The molecule has 0 bridgehead atoms. The zero-order valence-corrected chi connectivity index (χ0v) is 12.4. The van der Waals surface area contributed by atoms with E-state index in [0.29, 0.717) is 17.9 Å². The summed E-state index contributed by atoms with van der Waals surface area (Å²) in [4.78, 5) is 11.8. The van der Waals surface area contributed by atoms with Crippen molar-refractivity contribution in [1.82, 2.24) is 0 Å². The van der Waals surface area contributed by atoms with Crippen LogP contribution < -0.4 is 9.47 Å². The van der Waals surface area contributed by atoms with Gasteiger partial charge in [-0.25, -0.2) is 4.79 Å². The van der Waals surface area contributed by atoms with Crippen molar-refractivity contribution in [2.75, 3.05) is 19.5 Å². The number of methoxy groups -OCH3 is 1. The molecule has 2 aromatic rings. The van der Waals surface area contributed by atoms with E-state index in [9.17, 15) is 4.79 Å². The van der Waals surface area contributed by atoms with E-state index in [2.05, 4.69) is 0 Å². The Labute approximate surface area is 127 Å². The molecular formula is C16H16O4S. The predicted octanol–water partition coefficient (Wildman–Crippen LogP) is 3.56. The summed E-state index contributed by atoms with van der Waals surface area (Å²) in [5, 5.41) is 9.09. The van der Waals surface area contributed by atoms with E-state index in [1.807, 2.05) is 36.4 Å². The first kappa shape index (κ1) is 15.3.